The molecule has 5 nitrogen and oxygen atoms in total. The number of aliphatic carboxylic acids is 1. The Morgan fingerprint density at radius 3 is 2.56 bits per heavy atom. The number of hydrogen-bond acceptors (Lipinski definition) is 4. The molecule has 0 rings (SSSR count). The van der Waals surface area contributed by atoms with E-state index in [1.807, 2.05) is 6.92 Å². The van der Waals surface area contributed by atoms with Gasteiger partial charge in [0.15, 0.2) is 0 Å². The molecular formula is C11H23NO4. The number of carboxylic acid groups (broad SMARTS) is 1. The first-order valence-corrected chi connectivity index (χ1v) is 5.62. The second-order valence-electron chi connectivity index (χ2n) is 3.88. The van der Waals surface area contributed by atoms with Gasteiger partial charge in [0, 0.05) is 26.9 Å². The molecule has 0 bridgehead atoms. The molecule has 0 aliphatic heterocycles. The number of nitrogens with one attached hydrogen (secondary N) is 1. The zero-order chi connectivity index (χ0) is 12.4. The fourth-order valence-corrected chi connectivity index (χ4v) is 1.16. The van der Waals surface area contributed by atoms with Gasteiger partial charge in [0.05, 0.1) is 6.61 Å². The Labute approximate surface area is 97.1 Å². The molecule has 1 atom stereocenters. The molecule has 0 aromatic carbocycles. The summed E-state index contributed by atoms with van der Waals surface area (Å²) in [6, 6.07) is 0. The van der Waals surface area contributed by atoms with Gasteiger partial charge < -0.3 is 14.6 Å². The molecule has 0 aromatic heterocycles. The van der Waals surface area contributed by atoms with Crippen LogP contribution in [0.25, 0.3) is 0 Å². The van der Waals surface area contributed by atoms with Crippen LogP contribution in [0.1, 0.15) is 26.7 Å². The lowest BCUT2D eigenvalue weighted by Gasteiger charge is -2.24. The minimum Gasteiger partial charge on any atom is -0.480 e. The molecule has 5 heteroatoms. The third-order valence-electron chi connectivity index (χ3n) is 2.58. The highest BCUT2D eigenvalue weighted by atomic mass is 16.5. The van der Waals surface area contributed by atoms with Crippen molar-refractivity contribution in [3.05, 3.63) is 0 Å². The van der Waals surface area contributed by atoms with Gasteiger partial charge in [0.1, 0.15) is 5.54 Å². The average Bonchev–Trinajstić information content (AvgIpc) is 2.27. The van der Waals surface area contributed by atoms with Crippen LogP contribution in [0.15, 0.2) is 0 Å². The molecule has 0 spiro atoms. The van der Waals surface area contributed by atoms with Crippen molar-refractivity contribution in [2.75, 3.05) is 33.5 Å². The minimum atomic E-state index is -0.851. The quantitative estimate of drug-likeness (QED) is 0.548. The summed E-state index contributed by atoms with van der Waals surface area (Å²) in [5, 5.41) is 12.0. The van der Waals surface area contributed by atoms with E-state index in [1.165, 1.54) is 0 Å². The van der Waals surface area contributed by atoms with Gasteiger partial charge in [-0.05, 0) is 19.8 Å². The van der Waals surface area contributed by atoms with Gasteiger partial charge in [-0.1, -0.05) is 6.92 Å². The lowest BCUT2D eigenvalue weighted by molar-refractivity contribution is -0.144. The standard InChI is InChI=1S/C11H23NO4/c1-4-11(2,10(13)14)12-6-9-16-8-5-7-15-3/h12H,4-9H2,1-3H3,(H,13,14). The first-order chi connectivity index (χ1) is 7.56. The van der Waals surface area contributed by atoms with Crippen LogP contribution in [-0.4, -0.2) is 50.1 Å². The Hall–Kier alpha value is -0.650. The number of rotatable bonds is 10. The highest BCUT2D eigenvalue weighted by Gasteiger charge is 2.29. The molecule has 0 aliphatic rings. The molecule has 0 heterocycles. The number of ether oxygens (including phenoxy) is 2. The topological polar surface area (TPSA) is 67.8 Å². The molecule has 0 fully saturated rings. The molecule has 0 saturated carbocycles. The fourth-order valence-electron chi connectivity index (χ4n) is 1.16. The Balaban J connectivity index is 3.53. The van der Waals surface area contributed by atoms with E-state index < -0.39 is 11.5 Å². The zero-order valence-electron chi connectivity index (χ0n) is 10.4. The van der Waals surface area contributed by atoms with Crippen LogP contribution in [0, 0.1) is 0 Å². The van der Waals surface area contributed by atoms with E-state index >= 15 is 0 Å². The summed E-state index contributed by atoms with van der Waals surface area (Å²) in [6.07, 6.45) is 1.41. The van der Waals surface area contributed by atoms with Crippen molar-refractivity contribution in [1.29, 1.82) is 0 Å². The number of carboxylic acids is 1. The summed E-state index contributed by atoms with van der Waals surface area (Å²) in [5.41, 5.74) is -0.851. The van der Waals surface area contributed by atoms with E-state index in [1.54, 1.807) is 14.0 Å². The zero-order valence-corrected chi connectivity index (χ0v) is 10.4. The summed E-state index contributed by atoms with van der Waals surface area (Å²) >= 11 is 0. The van der Waals surface area contributed by atoms with E-state index in [0.717, 1.165) is 6.42 Å². The number of hydrogen-bond donors (Lipinski definition) is 2. The predicted octanol–water partition coefficient (Wildman–Crippen LogP) is 0.882. The molecule has 0 aromatic rings. The first kappa shape index (κ1) is 15.3. The Kier molecular flexibility index (Phi) is 8.15. The van der Waals surface area contributed by atoms with Gasteiger partial charge in [-0.2, -0.15) is 0 Å². The maximum absolute atomic E-state index is 10.9. The van der Waals surface area contributed by atoms with Crippen molar-refractivity contribution in [3.63, 3.8) is 0 Å². The van der Waals surface area contributed by atoms with E-state index in [4.69, 9.17) is 14.6 Å². The van der Waals surface area contributed by atoms with Crippen LogP contribution in [0.4, 0.5) is 0 Å². The van der Waals surface area contributed by atoms with Gasteiger partial charge in [-0.25, -0.2) is 0 Å². The van der Waals surface area contributed by atoms with Gasteiger partial charge in [-0.3, -0.25) is 10.1 Å². The Morgan fingerprint density at radius 1 is 1.38 bits per heavy atom. The van der Waals surface area contributed by atoms with Crippen molar-refractivity contribution in [2.45, 2.75) is 32.2 Å². The molecule has 0 saturated heterocycles. The average molecular weight is 233 g/mol. The minimum absolute atomic E-state index is 0.520. The molecule has 96 valence electrons. The predicted molar refractivity (Wildman–Crippen MR) is 61.6 cm³/mol. The maximum Gasteiger partial charge on any atom is 0.323 e. The largest absolute Gasteiger partial charge is 0.480 e. The second kappa shape index (κ2) is 8.50. The lowest BCUT2D eigenvalue weighted by Crippen LogP contribution is -2.50. The third-order valence-corrected chi connectivity index (χ3v) is 2.58. The summed E-state index contributed by atoms with van der Waals surface area (Å²) < 4.78 is 10.2. The Bertz CT molecular complexity index is 198. The summed E-state index contributed by atoms with van der Waals surface area (Å²) in [6.45, 7) is 5.93. The van der Waals surface area contributed by atoms with Crippen LogP contribution in [0.3, 0.4) is 0 Å². The smallest absolute Gasteiger partial charge is 0.323 e. The lowest BCUT2D eigenvalue weighted by atomic mass is 9.99. The van der Waals surface area contributed by atoms with Crippen molar-refractivity contribution in [2.24, 2.45) is 0 Å². The van der Waals surface area contributed by atoms with Gasteiger partial charge in [-0.15, -0.1) is 0 Å². The van der Waals surface area contributed by atoms with Crippen molar-refractivity contribution in [1.82, 2.24) is 5.32 Å². The molecule has 0 radical (unpaired) electrons. The van der Waals surface area contributed by atoms with Gasteiger partial charge in [0.25, 0.3) is 0 Å². The summed E-state index contributed by atoms with van der Waals surface area (Å²) in [5.74, 6) is -0.825. The maximum atomic E-state index is 10.9. The number of carbonyl (C=O) groups is 1. The van der Waals surface area contributed by atoms with Crippen molar-refractivity contribution in [3.8, 4) is 0 Å². The summed E-state index contributed by atoms with van der Waals surface area (Å²) in [7, 11) is 1.65. The van der Waals surface area contributed by atoms with E-state index in [-0.39, 0.29) is 0 Å². The number of methoxy groups -OCH3 is 1. The van der Waals surface area contributed by atoms with Crippen molar-refractivity contribution >= 4 is 5.97 Å². The van der Waals surface area contributed by atoms with Crippen LogP contribution >= 0.6 is 0 Å². The van der Waals surface area contributed by atoms with Crippen LogP contribution in [0.2, 0.25) is 0 Å². The van der Waals surface area contributed by atoms with Gasteiger partial charge in [0.2, 0.25) is 0 Å². The highest BCUT2D eigenvalue weighted by Crippen LogP contribution is 2.08. The highest BCUT2D eigenvalue weighted by molar-refractivity contribution is 5.78. The van der Waals surface area contributed by atoms with Crippen LogP contribution in [-0.2, 0) is 14.3 Å². The monoisotopic (exact) mass is 233 g/mol. The molecule has 16 heavy (non-hydrogen) atoms. The summed E-state index contributed by atoms with van der Waals surface area (Å²) in [4.78, 5) is 10.9. The Morgan fingerprint density at radius 2 is 2.06 bits per heavy atom. The second-order valence-corrected chi connectivity index (χ2v) is 3.88. The normalized spacial score (nSPS) is 14.7. The van der Waals surface area contributed by atoms with Gasteiger partial charge >= 0.3 is 5.97 Å². The fraction of sp³-hybridized carbons (Fsp3) is 0.909. The molecule has 2 N–H and O–H groups in total. The van der Waals surface area contributed by atoms with Crippen LogP contribution < -0.4 is 5.32 Å². The molecule has 0 aliphatic carbocycles. The van der Waals surface area contributed by atoms with Crippen molar-refractivity contribution < 1.29 is 19.4 Å². The molecular weight excluding hydrogens is 210 g/mol. The SMILES string of the molecule is CCC(C)(NCCOCCCOC)C(=O)O. The third kappa shape index (κ3) is 6.05. The molecule has 0 amide bonds. The van der Waals surface area contributed by atoms with Crippen LogP contribution in [0.5, 0.6) is 0 Å². The molecule has 1 unspecified atom stereocenters. The van der Waals surface area contributed by atoms with E-state index in [0.29, 0.717) is 32.8 Å². The van der Waals surface area contributed by atoms with E-state index in [2.05, 4.69) is 5.32 Å². The van der Waals surface area contributed by atoms with E-state index in [9.17, 15) is 4.79 Å². The first-order valence-electron chi connectivity index (χ1n) is 5.62.